The Morgan fingerprint density at radius 2 is 2.38 bits per heavy atom. The summed E-state index contributed by atoms with van der Waals surface area (Å²) < 4.78 is 4.53. The summed E-state index contributed by atoms with van der Waals surface area (Å²) in [5.41, 5.74) is 0.657. The number of aliphatic hydroxyl groups excluding tert-OH is 1. The number of ether oxygens (including phenoxy) is 1. The van der Waals surface area contributed by atoms with E-state index >= 15 is 0 Å². The second-order valence-electron chi connectivity index (χ2n) is 3.21. The van der Waals surface area contributed by atoms with Crippen molar-refractivity contribution in [3.63, 3.8) is 0 Å². The lowest BCUT2D eigenvalue weighted by Crippen LogP contribution is -2.03. The van der Waals surface area contributed by atoms with E-state index in [1.54, 1.807) is 12.3 Å². The Bertz CT molecular complexity index is 340. The molecule has 0 radical (unpaired) electrons. The first-order valence-electron chi connectivity index (χ1n) is 5.01. The second kappa shape index (κ2) is 6.50. The molecule has 0 spiro atoms. The van der Waals surface area contributed by atoms with Crippen molar-refractivity contribution in [1.82, 2.24) is 4.98 Å². The van der Waals surface area contributed by atoms with Crippen LogP contribution in [0.1, 0.15) is 25.1 Å². The monoisotopic (exact) mass is 241 g/mol. The third-order valence-electron chi connectivity index (χ3n) is 2.07. The Balaban J connectivity index is 2.54. The van der Waals surface area contributed by atoms with E-state index in [1.165, 1.54) is 18.9 Å². The van der Waals surface area contributed by atoms with Crippen LogP contribution in [0, 0.1) is 0 Å². The number of carbonyl (C=O) groups is 1. The number of hydrogen-bond donors (Lipinski definition) is 1. The highest BCUT2D eigenvalue weighted by Crippen LogP contribution is 2.20. The molecule has 1 rings (SSSR count). The number of carbonyl (C=O) groups excluding carboxylic acids is 1. The minimum absolute atomic E-state index is 0.261. The fourth-order valence-corrected chi connectivity index (χ4v) is 1.78. The maximum Gasteiger partial charge on any atom is 0.315 e. The first-order chi connectivity index (χ1) is 7.67. The molecular weight excluding hydrogens is 226 g/mol. The molecule has 4 nitrogen and oxygen atoms in total. The molecule has 1 aromatic rings. The lowest BCUT2D eigenvalue weighted by atomic mass is 10.2. The molecule has 0 aliphatic carbocycles. The van der Waals surface area contributed by atoms with Gasteiger partial charge in [0.25, 0.3) is 0 Å². The number of rotatable bonds is 5. The molecule has 88 valence electrons. The molecule has 1 heterocycles. The number of hydrogen-bond acceptors (Lipinski definition) is 5. The predicted molar refractivity (Wildman–Crippen MR) is 62.2 cm³/mol. The summed E-state index contributed by atoms with van der Waals surface area (Å²) in [5, 5.41) is 9.53. The van der Waals surface area contributed by atoms with Gasteiger partial charge in [0, 0.05) is 11.1 Å². The van der Waals surface area contributed by atoms with Gasteiger partial charge in [-0.05, 0) is 18.6 Å². The van der Waals surface area contributed by atoms with Crippen LogP contribution in [0.5, 0.6) is 0 Å². The molecule has 1 N–H and O–H groups in total. The van der Waals surface area contributed by atoms with Gasteiger partial charge in [0.2, 0.25) is 0 Å². The van der Waals surface area contributed by atoms with E-state index in [9.17, 15) is 9.90 Å². The average molecular weight is 241 g/mol. The molecule has 16 heavy (non-hydrogen) atoms. The van der Waals surface area contributed by atoms with Crippen molar-refractivity contribution >= 4 is 17.7 Å². The first kappa shape index (κ1) is 13.0. The fourth-order valence-electron chi connectivity index (χ4n) is 1.08. The van der Waals surface area contributed by atoms with Gasteiger partial charge < -0.3 is 9.84 Å². The zero-order chi connectivity index (χ0) is 12.0. The molecule has 0 saturated carbocycles. The Hall–Kier alpha value is -1.07. The minimum atomic E-state index is -0.514. The lowest BCUT2D eigenvalue weighted by Gasteiger charge is -2.07. The third kappa shape index (κ3) is 3.83. The summed E-state index contributed by atoms with van der Waals surface area (Å²) in [4.78, 5) is 15.9. The van der Waals surface area contributed by atoms with Crippen molar-refractivity contribution in [2.75, 3.05) is 12.9 Å². The number of methoxy groups -OCH3 is 1. The number of aliphatic hydroxyl groups is 1. The summed E-state index contributed by atoms with van der Waals surface area (Å²) in [6.45, 7) is 1.90. The van der Waals surface area contributed by atoms with Crippen LogP contribution in [0.15, 0.2) is 23.2 Å². The number of pyridine rings is 1. The van der Waals surface area contributed by atoms with Crippen LogP contribution in [0.4, 0.5) is 0 Å². The summed E-state index contributed by atoms with van der Waals surface area (Å²) >= 11 is 1.36. The number of aromatic nitrogens is 1. The maximum absolute atomic E-state index is 10.9. The summed E-state index contributed by atoms with van der Waals surface area (Å²) in [6, 6.07) is 3.61. The van der Waals surface area contributed by atoms with Crippen molar-refractivity contribution in [2.24, 2.45) is 0 Å². The normalized spacial score (nSPS) is 12.2. The van der Waals surface area contributed by atoms with E-state index in [1.807, 2.05) is 13.0 Å². The van der Waals surface area contributed by atoms with Crippen molar-refractivity contribution in [3.05, 3.63) is 24.0 Å². The average Bonchev–Trinajstić information content (AvgIpc) is 2.35. The van der Waals surface area contributed by atoms with Crippen LogP contribution in [-0.4, -0.2) is 28.9 Å². The van der Waals surface area contributed by atoms with Crippen LogP contribution >= 0.6 is 11.8 Å². The SMILES string of the molecule is CC[C@@H](O)c1ccc(SCC(=O)OC)cn1. The number of esters is 1. The molecule has 0 saturated heterocycles. The van der Waals surface area contributed by atoms with E-state index in [4.69, 9.17) is 0 Å². The maximum atomic E-state index is 10.9. The van der Waals surface area contributed by atoms with Crippen LogP contribution in [-0.2, 0) is 9.53 Å². The van der Waals surface area contributed by atoms with E-state index in [0.717, 1.165) is 4.90 Å². The van der Waals surface area contributed by atoms with Crippen LogP contribution in [0.3, 0.4) is 0 Å². The predicted octanol–water partition coefficient (Wildman–Crippen LogP) is 1.79. The summed E-state index contributed by atoms with van der Waals surface area (Å²) in [6.07, 6.45) is 1.78. The van der Waals surface area contributed by atoms with Crippen molar-refractivity contribution in [3.8, 4) is 0 Å². The molecule has 0 amide bonds. The van der Waals surface area contributed by atoms with Crippen molar-refractivity contribution in [1.29, 1.82) is 0 Å². The van der Waals surface area contributed by atoms with Gasteiger partial charge in [-0.3, -0.25) is 9.78 Å². The highest BCUT2D eigenvalue weighted by Gasteiger charge is 2.07. The minimum Gasteiger partial charge on any atom is -0.468 e. The van der Waals surface area contributed by atoms with E-state index < -0.39 is 6.10 Å². The largest absolute Gasteiger partial charge is 0.468 e. The van der Waals surface area contributed by atoms with E-state index in [0.29, 0.717) is 12.1 Å². The zero-order valence-corrected chi connectivity index (χ0v) is 10.2. The Kier molecular flexibility index (Phi) is 5.28. The molecule has 0 aliphatic heterocycles. The van der Waals surface area contributed by atoms with Gasteiger partial charge in [0.05, 0.1) is 24.7 Å². The standard InChI is InChI=1S/C11H15NO3S/c1-3-10(13)9-5-4-8(6-12-9)16-7-11(14)15-2/h4-6,10,13H,3,7H2,1-2H3/t10-/m1/s1. The topological polar surface area (TPSA) is 59.4 Å². The molecule has 0 unspecified atom stereocenters. The highest BCUT2D eigenvalue weighted by atomic mass is 32.2. The highest BCUT2D eigenvalue weighted by molar-refractivity contribution is 8.00. The quantitative estimate of drug-likeness (QED) is 0.629. The lowest BCUT2D eigenvalue weighted by molar-refractivity contribution is -0.137. The molecule has 1 aromatic heterocycles. The van der Waals surface area contributed by atoms with Gasteiger partial charge in [0.15, 0.2) is 0 Å². The number of thioether (sulfide) groups is 1. The molecule has 0 aromatic carbocycles. The molecule has 5 heteroatoms. The van der Waals surface area contributed by atoms with Gasteiger partial charge >= 0.3 is 5.97 Å². The Morgan fingerprint density at radius 1 is 1.62 bits per heavy atom. The zero-order valence-electron chi connectivity index (χ0n) is 9.34. The first-order valence-corrected chi connectivity index (χ1v) is 5.99. The summed E-state index contributed by atoms with van der Waals surface area (Å²) in [5.74, 6) is 0.0103. The Labute approximate surface area is 99.0 Å². The molecule has 0 bridgehead atoms. The van der Waals surface area contributed by atoms with Gasteiger partial charge in [-0.15, -0.1) is 11.8 Å². The van der Waals surface area contributed by atoms with E-state index in [2.05, 4.69) is 9.72 Å². The Morgan fingerprint density at radius 3 is 2.88 bits per heavy atom. The van der Waals surface area contributed by atoms with Gasteiger partial charge in [-0.2, -0.15) is 0 Å². The summed E-state index contributed by atoms with van der Waals surface area (Å²) in [7, 11) is 1.36. The van der Waals surface area contributed by atoms with Crippen LogP contribution in [0.2, 0.25) is 0 Å². The third-order valence-corrected chi connectivity index (χ3v) is 3.03. The second-order valence-corrected chi connectivity index (χ2v) is 4.26. The van der Waals surface area contributed by atoms with Crippen LogP contribution < -0.4 is 0 Å². The van der Waals surface area contributed by atoms with Gasteiger partial charge in [0.1, 0.15) is 0 Å². The van der Waals surface area contributed by atoms with Crippen molar-refractivity contribution < 1.29 is 14.6 Å². The fraction of sp³-hybridized carbons (Fsp3) is 0.455. The van der Waals surface area contributed by atoms with E-state index in [-0.39, 0.29) is 11.7 Å². The van der Waals surface area contributed by atoms with Gasteiger partial charge in [-0.25, -0.2) is 0 Å². The molecule has 0 aliphatic rings. The van der Waals surface area contributed by atoms with Crippen LogP contribution in [0.25, 0.3) is 0 Å². The number of nitrogens with zero attached hydrogens (tertiary/aromatic N) is 1. The van der Waals surface area contributed by atoms with Gasteiger partial charge in [-0.1, -0.05) is 6.92 Å². The smallest absolute Gasteiger partial charge is 0.315 e. The molecular formula is C11H15NO3S. The van der Waals surface area contributed by atoms with Crippen molar-refractivity contribution in [2.45, 2.75) is 24.3 Å². The molecule has 0 fully saturated rings. The molecule has 1 atom stereocenters.